The maximum atomic E-state index is 12.4. The predicted molar refractivity (Wildman–Crippen MR) is 95.2 cm³/mol. The minimum atomic E-state index is -0.179. The van der Waals surface area contributed by atoms with Gasteiger partial charge >= 0.3 is 0 Å². The van der Waals surface area contributed by atoms with E-state index in [2.05, 4.69) is 15.5 Å². The molecule has 0 bridgehead atoms. The minimum Gasteiger partial charge on any atom is -0.379 e. The number of hydrogen-bond donors (Lipinski definition) is 2. The number of morpholine rings is 1. The van der Waals surface area contributed by atoms with Crippen molar-refractivity contribution in [2.75, 3.05) is 65.6 Å². The molecule has 0 saturated carbocycles. The van der Waals surface area contributed by atoms with Crippen LogP contribution in [0.3, 0.4) is 0 Å². The predicted octanol–water partition coefficient (Wildman–Crippen LogP) is -0.327. The molecule has 142 valence electrons. The van der Waals surface area contributed by atoms with Gasteiger partial charge in [-0.15, -0.1) is 0 Å². The third kappa shape index (κ3) is 5.66. The zero-order chi connectivity index (χ0) is 17.5. The SMILES string of the molecule is O=C(NCCC1CCCNC1)C1CC(=O)N(CCN2CCOCC2)C1. The number of carbonyl (C=O) groups excluding carboxylic acids is 2. The highest BCUT2D eigenvalue weighted by molar-refractivity contribution is 5.89. The second-order valence-corrected chi connectivity index (χ2v) is 7.49. The van der Waals surface area contributed by atoms with Crippen LogP contribution in [0.4, 0.5) is 0 Å². The number of ether oxygens (including phenoxy) is 1. The molecule has 3 heterocycles. The van der Waals surface area contributed by atoms with E-state index in [1.807, 2.05) is 4.90 Å². The zero-order valence-electron chi connectivity index (χ0n) is 15.2. The summed E-state index contributed by atoms with van der Waals surface area (Å²) in [7, 11) is 0. The van der Waals surface area contributed by atoms with Crippen LogP contribution in [0.25, 0.3) is 0 Å². The van der Waals surface area contributed by atoms with E-state index in [0.717, 1.165) is 65.4 Å². The molecule has 25 heavy (non-hydrogen) atoms. The summed E-state index contributed by atoms with van der Waals surface area (Å²) in [6, 6.07) is 0. The molecule has 0 aromatic rings. The molecule has 2 amide bonds. The summed E-state index contributed by atoms with van der Waals surface area (Å²) in [4.78, 5) is 28.7. The Hall–Kier alpha value is -1.18. The second-order valence-electron chi connectivity index (χ2n) is 7.49. The van der Waals surface area contributed by atoms with E-state index in [0.29, 0.717) is 18.9 Å². The molecule has 0 spiro atoms. The molecule has 3 aliphatic rings. The fourth-order valence-electron chi connectivity index (χ4n) is 3.96. The van der Waals surface area contributed by atoms with Crippen molar-refractivity contribution in [1.82, 2.24) is 20.4 Å². The van der Waals surface area contributed by atoms with E-state index >= 15 is 0 Å². The van der Waals surface area contributed by atoms with Crippen molar-refractivity contribution in [3.63, 3.8) is 0 Å². The highest BCUT2D eigenvalue weighted by atomic mass is 16.5. The van der Waals surface area contributed by atoms with Gasteiger partial charge in [-0.05, 0) is 38.3 Å². The van der Waals surface area contributed by atoms with Gasteiger partial charge in [0.15, 0.2) is 0 Å². The number of nitrogens with zero attached hydrogens (tertiary/aromatic N) is 2. The Labute approximate surface area is 150 Å². The summed E-state index contributed by atoms with van der Waals surface area (Å²) < 4.78 is 5.34. The number of hydrogen-bond acceptors (Lipinski definition) is 5. The van der Waals surface area contributed by atoms with E-state index in [1.54, 1.807) is 0 Å². The third-order valence-corrected chi connectivity index (χ3v) is 5.63. The van der Waals surface area contributed by atoms with Crippen molar-refractivity contribution in [3.8, 4) is 0 Å². The van der Waals surface area contributed by atoms with Crippen LogP contribution >= 0.6 is 0 Å². The molecule has 0 aromatic carbocycles. The Morgan fingerprint density at radius 3 is 2.88 bits per heavy atom. The summed E-state index contributed by atoms with van der Waals surface area (Å²) in [5.74, 6) is 0.654. The molecule has 3 rings (SSSR count). The Morgan fingerprint density at radius 1 is 1.28 bits per heavy atom. The summed E-state index contributed by atoms with van der Waals surface area (Å²) in [6.45, 7) is 8.48. The number of rotatable bonds is 7. The summed E-state index contributed by atoms with van der Waals surface area (Å²) >= 11 is 0. The molecule has 0 aliphatic carbocycles. The van der Waals surface area contributed by atoms with E-state index in [1.165, 1.54) is 12.8 Å². The number of nitrogens with one attached hydrogen (secondary N) is 2. The average Bonchev–Trinajstić information content (AvgIpc) is 3.02. The summed E-state index contributed by atoms with van der Waals surface area (Å²) in [5.41, 5.74) is 0. The summed E-state index contributed by atoms with van der Waals surface area (Å²) in [6.07, 6.45) is 3.87. The Kier molecular flexibility index (Phi) is 7.07. The molecule has 0 radical (unpaired) electrons. The first-order chi connectivity index (χ1) is 12.2. The minimum absolute atomic E-state index is 0.0472. The van der Waals surface area contributed by atoms with E-state index in [4.69, 9.17) is 4.74 Å². The fraction of sp³-hybridized carbons (Fsp3) is 0.889. The average molecular weight is 352 g/mol. The topological polar surface area (TPSA) is 73.9 Å². The number of likely N-dealkylation sites (tertiary alicyclic amines) is 1. The second kappa shape index (κ2) is 9.50. The lowest BCUT2D eigenvalue weighted by Crippen LogP contribution is -2.42. The lowest BCUT2D eigenvalue weighted by atomic mass is 9.96. The molecular weight excluding hydrogens is 320 g/mol. The molecule has 3 aliphatic heterocycles. The Balaban J connectivity index is 1.33. The van der Waals surface area contributed by atoms with Gasteiger partial charge in [0.2, 0.25) is 11.8 Å². The van der Waals surface area contributed by atoms with Crippen molar-refractivity contribution in [1.29, 1.82) is 0 Å². The highest BCUT2D eigenvalue weighted by Gasteiger charge is 2.34. The van der Waals surface area contributed by atoms with Gasteiger partial charge < -0.3 is 20.3 Å². The van der Waals surface area contributed by atoms with Crippen LogP contribution in [0.2, 0.25) is 0 Å². The highest BCUT2D eigenvalue weighted by Crippen LogP contribution is 2.18. The lowest BCUT2D eigenvalue weighted by Gasteiger charge is -2.28. The van der Waals surface area contributed by atoms with Gasteiger partial charge in [-0.3, -0.25) is 14.5 Å². The number of amides is 2. The van der Waals surface area contributed by atoms with Crippen LogP contribution in [0.15, 0.2) is 0 Å². The molecule has 7 heteroatoms. The molecule has 2 N–H and O–H groups in total. The van der Waals surface area contributed by atoms with Crippen molar-refractivity contribution >= 4 is 11.8 Å². The van der Waals surface area contributed by atoms with Crippen molar-refractivity contribution in [3.05, 3.63) is 0 Å². The molecule has 2 atom stereocenters. The quantitative estimate of drug-likeness (QED) is 0.657. The van der Waals surface area contributed by atoms with Gasteiger partial charge in [0.25, 0.3) is 0 Å². The van der Waals surface area contributed by atoms with Crippen molar-refractivity contribution in [2.45, 2.75) is 25.7 Å². The molecule has 3 fully saturated rings. The van der Waals surface area contributed by atoms with Crippen LogP contribution in [-0.4, -0.2) is 87.2 Å². The van der Waals surface area contributed by atoms with Gasteiger partial charge in [0, 0.05) is 45.7 Å². The van der Waals surface area contributed by atoms with Crippen molar-refractivity contribution < 1.29 is 14.3 Å². The largest absolute Gasteiger partial charge is 0.379 e. The van der Waals surface area contributed by atoms with E-state index < -0.39 is 0 Å². The smallest absolute Gasteiger partial charge is 0.225 e. The van der Waals surface area contributed by atoms with E-state index in [-0.39, 0.29) is 17.7 Å². The molecule has 2 unspecified atom stereocenters. The normalized spacial score (nSPS) is 28.3. The van der Waals surface area contributed by atoms with Gasteiger partial charge in [0.1, 0.15) is 0 Å². The third-order valence-electron chi connectivity index (χ3n) is 5.63. The molecule has 3 saturated heterocycles. The van der Waals surface area contributed by atoms with Crippen LogP contribution in [0.1, 0.15) is 25.7 Å². The standard InChI is InChI=1S/C18H32N4O3/c23-17-12-16(14-22(17)7-6-21-8-10-25-11-9-21)18(24)20-5-3-15-2-1-4-19-13-15/h15-16,19H,1-14H2,(H,20,24). The van der Waals surface area contributed by atoms with Crippen LogP contribution < -0.4 is 10.6 Å². The van der Waals surface area contributed by atoms with Gasteiger partial charge in [-0.2, -0.15) is 0 Å². The lowest BCUT2D eigenvalue weighted by molar-refractivity contribution is -0.129. The first-order valence-corrected chi connectivity index (χ1v) is 9.78. The fourth-order valence-corrected chi connectivity index (χ4v) is 3.96. The van der Waals surface area contributed by atoms with Gasteiger partial charge in [0.05, 0.1) is 19.1 Å². The van der Waals surface area contributed by atoms with Crippen LogP contribution in [0, 0.1) is 11.8 Å². The maximum absolute atomic E-state index is 12.4. The Morgan fingerprint density at radius 2 is 2.12 bits per heavy atom. The molecular formula is C18H32N4O3. The van der Waals surface area contributed by atoms with Crippen molar-refractivity contribution in [2.24, 2.45) is 11.8 Å². The number of piperidine rings is 1. The first-order valence-electron chi connectivity index (χ1n) is 9.78. The van der Waals surface area contributed by atoms with Gasteiger partial charge in [-0.1, -0.05) is 0 Å². The summed E-state index contributed by atoms with van der Waals surface area (Å²) in [5, 5.41) is 6.45. The van der Waals surface area contributed by atoms with Gasteiger partial charge in [-0.25, -0.2) is 0 Å². The zero-order valence-corrected chi connectivity index (χ0v) is 15.2. The van der Waals surface area contributed by atoms with Crippen LogP contribution in [-0.2, 0) is 14.3 Å². The number of carbonyl (C=O) groups is 2. The maximum Gasteiger partial charge on any atom is 0.225 e. The molecule has 7 nitrogen and oxygen atoms in total. The monoisotopic (exact) mass is 352 g/mol. The van der Waals surface area contributed by atoms with E-state index in [9.17, 15) is 9.59 Å². The Bertz CT molecular complexity index is 448. The van der Waals surface area contributed by atoms with Crippen LogP contribution in [0.5, 0.6) is 0 Å². The first kappa shape index (κ1) is 18.6. The molecule has 0 aromatic heterocycles.